The molecule has 0 aliphatic heterocycles. The van der Waals surface area contributed by atoms with Crippen LogP contribution in [0.4, 0.5) is 5.69 Å². The van der Waals surface area contributed by atoms with Crippen molar-refractivity contribution in [1.82, 2.24) is 5.32 Å². The molecule has 8 nitrogen and oxygen atoms in total. The third-order valence-corrected chi connectivity index (χ3v) is 3.15. The Morgan fingerprint density at radius 3 is 2.08 bits per heavy atom. The number of hydrogen-bond acceptors (Lipinski definition) is 5. The molecular weight excluding hydrogens is 328 g/mol. The van der Waals surface area contributed by atoms with Crippen LogP contribution in [0.2, 0.25) is 0 Å². The van der Waals surface area contributed by atoms with Gasteiger partial charge in [-0.2, -0.15) is 0 Å². The highest BCUT2D eigenvalue weighted by Gasteiger charge is 2.10. The molecule has 0 fully saturated rings. The number of nitro benzene ring substituents is 1. The van der Waals surface area contributed by atoms with Crippen molar-refractivity contribution in [2.45, 2.75) is 20.0 Å². The number of nitro groups is 1. The summed E-state index contributed by atoms with van der Waals surface area (Å²) in [6.45, 7) is 3.12. The quantitative estimate of drug-likeness (QED) is 0.430. The summed E-state index contributed by atoms with van der Waals surface area (Å²) in [4.78, 5) is 28.7. The normalized spacial score (nSPS) is 9.64. The van der Waals surface area contributed by atoms with Gasteiger partial charge in [0.15, 0.2) is 0 Å². The zero-order valence-electron chi connectivity index (χ0n) is 13.5. The summed E-state index contributed by atoms with van der Waals surface area (Å²) in [7, 11) is 0. The Bertz CT molecular complexity index is 734. The lowest BCUT2D eigenvalue weighted by molar-refractivity contribution is -0.385. The highest BCUT2D eigenvalue weighted by atomic mass is 16.6. The average Bonchev–Trinajstić information content (AvgIpc) is 2.57. The van der Waals surface area contributed by atoms with Crippen LogP contribution < -0.4 is 5.32 Å². The summed E-state index contributed by atoms with van der Waals surface area (Å²) in [5.41, 5.74) is 2.99. The fourth-order valence-electron chi connectivity index (χ4n) is 1.91. The van der Waals surface area contributed by atoms with Gasteiger partial charge in [-0.05, 0) is 18.1 Å². The first-order valence-corrected chi connectivity index (χ1v) is 7.26. The van der Waals surface area contributed by atoms with E-state index in [4.69, 9.17) is 19.8 Å². The smallest absolute Gasteiger partial charge is 0.414 e. The maximum absolute atomic E-state index is 10.9. The lowest BCUT2D eigenvalue weighted by Gasteiger charge is -2.06. The number of hydrogen-bond donors (Lipinski definition) is 3. The molecule has 0 spiro atoms. The van der Waals surface area contributed by atoms with Crippen LogP contribution in [0, 0.1) is 17.0 Å². The molecule has 132 valence electrons. The van der Waals surface area contributed by atoms with E-state index in [1.54, 1.807) is 19.1 Å². The Morgan fingerprint density at radius 1 is 1.00 bits per heavy atom. The molecule has 2 aromatic rings. The van der Waals surface area contributed by atoms with Crippen molar-refractivity contribution in [2.24, 2.45) is 0 Å². The fourth-order valence-corrected chi connectivity index (χ4v) is 1.91. The number of carbonyl (C=O) groups is 2. The minimum Gasteiger partial charge on any atom is -0.473 e. The number of aliphatic carboxylic acids is 2. The minimum absolute atomic E-state index is 0.180. The number of aryl methyl sites for hydroxylation is 1. The number of nitrogens with one attached hydrogen (secondary N) is 1. The van der Waals surface area contributed by atoms with E-state index < -0.39 is 11.9 Å². The van der Waals surface area contributed by atoms with Crippen molar-refractivity contribution in [3.05, 3.63) is 75.3 Å². The molecular formula is C17H18N2O6. The predicted molar refractivity (Wildman–Crippen MR) is 90.1 cm³/mol. The van der Waals surface area contributed by atoms with Crippen molar-refractivity contribution < 1.29 is 24.7 Å². The van der Waals surface area contributed by atoms with Crippen molar-refractivity contribution in [3.8, 4) is 0 Å². The van der Waals surface area contributed by atoms with Crippen LogP contribution in [0.15, 0.2) is 48.5 Å². The van der Waals surface area contributed by atoms with Gasteiger partial charge in [0.2, 0.25) is 0 Å². The highest BCUT2D eigenvalue weighted by Crippen LogP contribution is 2.19. The van der Waals surface area contributed by atoms with Crippen LogP contribution in [-0.4, -0.2) is 27.1 Å². The summed E-state index contributed by atoms with van der Waals surface area (Å²) in [6, 6.07) is 15.4. The van der Waals surface area contributed by atoms with Crippen LogP contribution in [0.5, 0.6) is 0 Å². The Morgan fingerprint density at radius 2 is 1.56 bits per heavy atom. The topological polar surface area (TPSA) is 130 Å². The summed E-state index contributed by atoms with van der Waals surface area (Å²) < 4.78 is 0. The van der Waals surface area contributed by atoms with Crippen molar-refractivity contribution >= 4 is 17.6 Å². The first-order chi connectivity index (χ1) is 11.8. The van der Waals surface area contributed by atoms with Crippen LogP contribution in [-0.2, 0) is 22.7 Å². The molecule has 0 bridgehead atoms. The maximum Gasteiger partial charge on any atom is 0.414 e. The second-order valence-corrected chi connectivity index (χ2v) is 5.08. The summed E-state index contributed by atoms with van der Waals surface area (Å²) >= 11 is 0. The van der Waals surface area contributed by atoms with Crippen molar-refractivity contribution in [3.63, 3.8) is 0 Å². The molecule has 0 aromatic heterocycles. The van der Waals surface area contributed by atoms with Gasteiger partial charge in [-0.3, -0.25) is 10.1 Å². The zero-order chi connectivity index (χ0) is 18.8. The van der Waals surface area contributed by atoms with Gasteiger partial charge < -0.3 is 15.5 Å². The van der Waals surface area contributed by atoms with Crippen LogP contribution >= 0.6 is 0 Å². The third-order valence-electron chi connectivity index (χ3n) is 3.15. The molecule has 8 heteroatoms. The molecule has 0 aliphatic carbocycles. The molecule has 0 aliphatic rings. The molecule has 3 N–H and O–H groups in total. The molecule has 0 amide bonds. The van der Waals surface area contributed by atoms with Gasteiger partial charge in [-0.15, -0.1) is 0 Å². The summed E-state index contributed by atoms with van der Waals surface area (Å²) in [5, 5.41) is 28.9. The van der Waals surface area contributed by atoms with Gasteiger partial charge in [0, 0.05) is 24.7 Å². The molecule has 0 unspecified atom stereocenters. The standard InChI is InChI=1S/C15H16N2O2.C2H2O4/c1-12-7-8-14(9-15(12)17(18)19)11-16-10-13-5-3-2-4-6-13;3-1(4)2(5)6/h2-9,16H,10-11H2,1H3;(H,3,4)(H,5,6). The minimum atomic E-state index is -1.82. The molecule has 2 aromatic carbocycles. The molecule has 25 heavy (non-hydrogen) atoms. The predicted octanol–water partition coefficient (Wildman–Crippen LogP) is 2.35. The number of rotatable bonds is 5. The largest absolute Gasteiger partial charge is 0.473 e. The van der Waals surface area contributed by atoms with E-state index >= 15 is 0 Å². The van der Waals surface area contributed by atoms with E-state index in [-0.39, 0.29) is 10.6 Å². The van der Waals surface area contributed by atoms with Gasteiger partial charge in [-0.25, -0.2) is 9.59 Å². The lowest BCUT2D eigenvalue weighted by atomic mass is 10.1. The van der Waals surface area contributed by atoms with E-state index in [1.807, 2.05) is 36.4 Å². The Hall–Kier alpha value is -3.26. The molecule has 0 heterocycles. The number of nitrogens with zero attached hydrogens (tertiary/aromatic N) is 1. The van der Waals surface area contributed by atoms with Crippen LogP contribution in [0.3, 0.4) is 0 Å². The molecule has 2 rings (SSSR count). The lowest BCUT2D eigenvalue weighted by Crippen LogP contribution is -2.12. The van der Waals surface area contributed by atoms with Gasteiger partial charge in [-0.1, -0.05) is 42.5 Å². The Balaban J connectivity index is 0.000000450. The monoisotopic (exact) mass is 346 g/mol. The number of carboxylic acids is 2. The van der Waals surface area contributed by atoms with Crippen LogP contribution in [0.1, 0.15) is 16.7 Å². The summed E-state index contributed by atoms with van der Waals surface area (Å²) in [5.74, 6) is -3.65. The van der Waals surface area contributed by atoms with Gasteiger partial charge in [0.05, 0.1) is 4.92 Å². The first-order valence-electron chi connectivity index (χ1n) is 7.26. The van der Waals surface area contributed by atoms with E-state index in [0.29, 0.717) is 12.1 Å². The first kappa shape index (κ1) is 19.8. The zero-order valence-corrected chi connectivity index (χ0v) is 13.5. The van der Waals surface area contributed by atoms with E-state index in [9.17, 15) is 10.1 Å². The molecule has 0 atom stereocenters. The molecule has 0 saturated heterocycles. The molecule has 0 radical (unpaired) electrons. The maximum atomic E-state index is 10.9. The van der Waals surface area contributed by atoms with Gasteiger partial charge in [0.25, 0.3) is 5.69 Å². The second-order valence-electron chi connectivity index (χ2n) is 5.08. The van der Waals surface area contributed by atoms with Crippen molar-refractivity contribution in [2.75, 3.05) is 0 Å². The highest BCUT2D eigenvalue weighted by molar-refractivity contribution is 6.27. The van der Waals surface area contributed by atoms with Gasteiger partial charge >= 0.3 is 11.9 Å². The van der Waals surface area contributed by atoms with Crippen molar-refractivity contribution in [1.29, 1.82) is 0 Å². The molecule has 0 saturated carbocycles. The Kier molecular flexibility index (Phi) is 7.74. The van der Waals surface area contributed by atoms with E-state index in [1.165, 1.54) is 5.56 Å². The van der Waals surface area contributed by atoms with Crippen LogP contribution in [0.25, 0.3) is 0 Å². The second kappa shape index (κ2) is 9.78. The Labute approximate surface area is 143 Å². The number of carboxylic acid groups (broad SMARTS) is 2. The van der Waals surface area contributed by atoms with E-state index in [2.05, 4.69) is 5.32 Å². The van der Waals surface area contributed by atoms with Gasteiger partial charge in [0.1, 0.15) is 0 Å². The summed E-state index contributed by atoms with van der Waals surface area (Å²) in [6.07, 6.45) is 0. The average molecular weight is 346 g/mol. The van der Waals surface area contributed by atoms with E-state index in [0.717, 1.165) is 12.1 Å². The fraction of sp³-hybridized carbons (Fsp3) is 0.176. The number of benzene rings is 2. The third kappa shape index (κ3) is 7.23. The SMILES string of the molecule is Cc1ccc(CNCc2ccccc2)cc1[N+](=O)[O-].O=C(O)C(=O)O.